The molecule has 0 amide bonds. The molecule has 0 atom stereocenters. The molecule has 0 spiro atoms. The lowest BCUT2D eigenvalue weighted by atomic mass is 10.2. The number of hydrogen-bond donors (Lipinski definition) is 1. The molecule has 0 bridgehead atoms. The van der Waals surface area contributed by atoms with E-state index in [-0.39, 0.29) is 12.4 Å². The van der Waals surface area contributed by atoms with Gasteiger partial charge in [-0.15, -0.1) is 5.10 Å². The highest BCUT2D eigenvalue weighted by molar-refractivity contribution is 5.85. The van der Waals surface area contributed by atoms with Crippen molar-refractivity contribution >= 4 is 5.97 Å². The Labute approximate surface area is 123 Å². The van der Waals surface area contributed by atoms with Crippen LogP contribution in [0.1, 0.15) is 36.2 Å². The van der Waals surface area contributed by atoms with Gasteiger partial charge in [0, 0.05) is 13.0 Å². The molecule has 1 heterocycles. The van der Waals surface area contributed by atoms with Gasteiger partial charge in [-0.3, -0.25) is 0 Å². The van der Waals surface area contributed by atoms with E-state index in [9.17, 15) is 4.79 Å². The smallest absolute Gasteiger partial charge is 0.378 e. The molecule has 0 aliphatic carbocycles. The first-order chi connectivity index (χ1) is 10.3. The minimum absolute atomic E-state index is 0.0692. The second kappa shape index (κ2) is 7.54. The van der Waals surface area contributed by atoms with E-state index in [1.165, 1.54) is 0 Å². The molecule has 0 aliphatic rings. The molecule has 6 heteroatoms. The van der Waals surface area contributed by atoms with Crippen LogP contribution >= 0.6 is 0 Å². The van der Waals surface area contributed by atoms with Crippen LogP contribution in [-0.4, -0.2) is 39.1 Å². The fourth-order valence-electron chi connectivity index (χ4n) is 1.96. The van der Waals surface area contributed by atoms with E-state index in [4.69, 9.17) is 9.84 Å². The highest BCUT2D eigenvalue weighted by Crippen LogP contribution is 2.12. The number of unbranched alkanes of at least 4 members (excludes halogenated alkanes) is 1. The maximum Gasteiger partial charge on any atom is 0.378 e. The summed E-state index contributed by atoms with van der Waals surface area (Å²) in [5, 5.41) is 13.1. The molecule has 0 radical (unpaired) electrons. The summed E-state index contributed by atoms with van der Waals surface area (Å²) in [6.07, 6.45) is 2.11. The normalized spacial score (nSPS) is 10.6. The number of para-hydroxylation sites is 1. The van der Waals surface area contributed by atoms with Gasteiger partial charge in [0.25, 0.3) is 5.82 Å². The number of aliphatic hydroxyl groups is 1. The predicted octanol–water partition coefficient (Wildman–Crippen LogP) is 1.76. The minimum atomic E-state index is -0.518. The Morgan fingerprint density at radius 3 is 2.71 bits per heavy atom. The summed E-state index contributed by atoms with van der Waals surface area (Å²) in [5.74, 6) is 0.244. The van der Waals surface area contributed by atoms with Crippen molar-refractivity contribution in [1.29, 1.82) is 0 Å². The molecule has 0 saturated heterocycles. The molecule has 0 saturated carbocycles. The fourth-order valence-corrected chi connectivity index (χ4v) is 1.96. The largest absolute Gasteiger partial charge is 0.460 e. The SMILES string of the molecule is CCOC(=O)c1nc(CCCCO)n(-c2ccccc2)n1. The maximum absolute atomic E-state index is 11.8. The lowest BCUT2D eigenvalue weighted by Crippen LogP contribution is -2.07. The van der Waals surface area contributed by atoms with Crippen molar-refractivity contribution in [3.05, 3.63) is 42.0 Å². The number of aliphatic hydroxyl groups excluding tert-OH is 1. The van der Waals surface area contributed by atoms with E-state index in [0.29, 0.717) is 25.3 Å². The lowest BCUT2D eigenvalue weighted by molar-refractivity contribution is 0.0512. The molecule has 1 N–H and O–H groups in total. The predicted molar refractivity (Wildman–Crippen MR) is 77.3 cm³/mol. The van der Waals surface area contributed by atoms with E-state index in [2.05, 4.69) is 10.1 Å². The second-order valence-electron chi connectivity index (χ2n) is 4.50. The van der Waals surface area contributed by atoms with Crippen LogP contribution in [0.25, 0.3) is 5.69 Å². The molecule has 2 rings (SSSR count). The third-order valence-corrected chi connectivity index (χ3v) is 2.94. The van der Waals surface area contributed by atoms with Gasteiger partial charge in [-0.1, -0.05) is 18.2 Å². The zero-order valence-corrected chi connectivity index (χ0v) is 12.0. The number of ether oxygens (including phenoxy) is 1. The van der Waals surface area contributed by atoms with Gasteiger partial charge in [-0.2, -0.15) is 0 Å². The summed E-state index contributed by atoms with van der Waals surface area (Å²) in [6.45, 7) is 2.18. The molecule has 1 aromatic carbocycles. The van der Waals surface area contributed by atoms with Crippen LogP contribution in [0, 0.1) is 0 Å². The van der Waals surface area contributed by atoms with Crippen LogP contribution in [0.15, 0.2) is 30.3 Å². The number of hydrogen-bond acceptors (Lipinski definition) is 5. The Balaban J connectivity index is 2.29. The zero-order valence-electron chi connectivity index (χ0n) is 12.0. The molecule has 2 aromatic rings. The van der Waals surface area contributed by atoms with Gasteiger partial charge in [0.15, 0.2) is 0 Å². The van der Waals surface area contributed by atoms with Crippen molar-refractivity contribution in [3.8, 4) is 5.69 Å². The average Bonchev–Trinajstić information content (AvgIpc) is 2.93. The molecule has 1 aromatic heterocycles. The number of nitrogens with zero attached hydrogens (tertiary/aromatic N) is 3. The monoisotopic (exact) mass is 289 g/mol. The first-order valence-corrected chi connectivity index (χ1v) is 7.05. The maximum atomic E-state index is 11.8. The first-order valence-electron chi connectivity index (χ1n) is 7.05. The Hall–Kier alpha value is -2.21. The van der Waals surface area contributed by atoms with Crippen LogP contribution in [0.5, 0.6) is 0 Å². The number of rotatable bonds is 7. The van der Waals surface area contributed by atoms with Crippen molar-refractivity contribution in [3.63, 3.8) is 0 Å². The molecule has 6 nitrogen and oxygen atoms in total. The summed E-state index contributed by atoms with van der Waals surface area (Å²) < 4.78 is 6.60. The van der Waals surface area contributed by atoms with Gasteiger partial charge in [0.1, 0.15) is 5.82 Å². The molecule has 0 fully saturated rings. The standard InChI is InChI=1S/C15H19N3O3/c1-2-21-15(20)14-16-13(10-6-7-11-19)18(17-14)12-8-4-3-5-9-12/h3-5,8-9,19H,2,6-7,10-11H2,1H3. The quantitative estimate of drug-likeness (QED) is 0.621. The van der Waals surface area contributed by atoms with Gasteiger partial charge >= 0.3 is 5.97 Å². The van der Waals surface area contributed by atoms with Crippen LogP contribution in [0.2, 0.25) is 0 Å². The van der Waals surface area contributed by atoms with Crippen molar-refractivity contribution in [2.45, 2.75) is 26.2 Å². The number of carbonyl (C=O) groups excluding carboxylic acids is 1. The number of esters is 1. The highest BCUT2D eigenvalue weighted by atomic mass is 16.5. The summed E-state index contributed by atoms with van der Waals surface area (Å²) in [6, 6.07) is 9.52. The van der Waals surface area contributed by atoms with E-state index in [1.54, 1.807) is 11.6 Å². The average molecular weight is 289 g/mol. The van der Waals surface area contributed by atoms with E-state index >= 15 is 0 Å². The van der Waals surface area contributed by atoms with Crippen molar-refractivity contribution in [2.24, 2.45) is 0 Å². The second-order valence-corrected chi connectivity index (χ2v) is 4.50. The Morgan fingerprint density at radius 2 is 2.05 bits per heavy atom. The molecule has 0 unspecified atom stereocenters. The van der Waals surface area contributed by atoms with Gasteiger partial charge in [-0.05, 0) is 31.9 Å². The Bertz CT molecular complexity index is 581. The van der Waals surface area contributed by atoms with Crippen LogP contribution in [-0.2, 0) is 11.2 Å². The van der Waals surface area contributed by atoms with E-state index in [0.717, 1.165) is 12.1 Å². The van der Waals surface area contributed by atoms with Crippen molar-refractivity contribution in [1.82, 2.24) is 14.8 Å². The zero-order chi connectivity index (χ0) is 15.1. The number of aromatic nitrogens is 3. The first kappa shape index (κ1) is 15.2. The van der Waals surface area contributed by atoms with Crippen LogP contribution in [0.4, 0.5) is 0 Å². The summed E-state index contributed by atoms with van der Waals surface area (Å²) in [7, 11) is 0. The molecular formula is C15H19N3O3. The van der Waals surface area contributed by atoms with E-state index in [1.807, 2.05) is 30.3 Å². The van der Waals surface area contributed by atoms with Gasteiger partial charge in [0.2, 0.25) is 0 Å². The van der Waals surface area contributed by atoms with E-state index < -0.39 is 5.97 Å². The third-order valence-electron chi connectivity index (χ3n) is 2.94. The topological polar surface area (TPSA) is 77.2 Å². The summed E-state index contributed by atoms with van der Waals surface area (Å²) in [4.78, 5) is 16.0. The molecule has 0 aliphatic heterocycles. The summed E-state index contributed by atoms with van der Waals surface area (Å²) in [5.41, 5.74) is 0.847. The van der Waals surface area contributed by atoms with Crippen LogP contribution in [0.3, 0.4) is 0 Å². The van der Waals surface area contributed by atoms with Crippen LogP contribution < -0.4 is 0 Å². The van der Waals surface area contributed by atoms with Crippen molar-refractivity contribution in [2.75, 3.05) is 13.2 Å². The van der Waals surface area contributed by atoms with Gasteiger partial charge in [-0.25, -0.2) is 14.5 Å². The third kappa shape index (κ3) is 3.88. The van der Waals surface area contributed by atoms with Gasteiger partial charge in [0.05, 0.1) is 12.3 Å². The molecular weight excluding hydrogens is 270 g/mol. The molecule has 112 valence electrons. The Morgan fingerprint density at radius 1 is 1.29 bits per heavy atom. The number of carbonyl (C=O) groups is 1. The Kier molecular flexibility index (Phi) is 5.45. The van der Waals surface area contributed by atoms with Gasteiger partial charge < -0.3 is 9.84 Å². The fraction of sp³-hybridized carbons (Fsp3) is 0.400. The summed E-state index contributed by atoms with van der Waals surface area (Å²) >= 11 is 0. The lowest BCUT2D eigenvalue weighted by Gasteiger charge is -2.04. The highest BCUT2D eigenvalue weighted by Gasteiger charge is 2.17. The number of aryl methyl sites for hydroxylation is 1. The van der Waals surface area contributed by atoms with Crippen molar-refractivity contribution < 1.29 is 14.6 Å². The minimum Gasteiger partial charge on any atom is -0.460 e. The number of benzene rings is 1. The molecule has 21 heavy (non-hydrogen) atoms.